The number of rotatable bonds is 6. The van der Waals surface area contributed by atoms with Gasteiger partial charge in [-0.05, 0) is 36.2 Å². The van der Waals surface area contributed by atoms with Crippen LogP contribution in [0.5, 0.6) is 17.2 Å². The van der Waals surface area contributed by atoms with E-state index in [2.05, 4.69) is 6.07 Å². The maximum Gasteiger partial charge on any atom is 0.355 e. The largest absolute Gasteiger partial charge is 0.494 e. The zero-order chi connectivity index (χ0) is 25.2. The summed E-state index contributed by atoms with van der Waals surface area (Å²) in [6.45, 7) is 2.63. The predicted molar refractivity (Wildman–Crippen MR) is 140 cm³/mol. The zero-order valence-electron chi connectivity index (χ0n) is 19.3. The lowest BCUT2D eigenvalue weighted by Crippen LogP contribution is -2.21. The molecule has 1 unspecified atom stereocenters. The number of ether oxygens (including phenoxy) is 3. The summed E-state index contributed by atoms with van der Waals surface area (Å²) in [4.78, 5) is 13.2. The highest BCUT2D eigenvalue weighted by molar-refractivity contribution is 7.21. The van der Waals surface area contributed by atoms with E-state index in [4.69, 9.17) is 31.5 Å². The zero-order valence-corrected chi connectivity index (χ0v) is 20.9. The minimum atomic E-state index is -0.560. The van der Waals surface area contributed by atoms with E-state index in [-0.39, 0.29) is 11.6 Å². The van der Waals surface area contributed by atoms with Crippen LogP contribution >= 0.6 is 22.9 Å². The van der Waals surface area contributed by atoms with Gasteiger partial charge in [0, 0.05) is 21.7 Å². The molecule has 0 saturated heterocycles. The highest BCUT2D eigenvalue weighted by Crippen LogP contribution is 2.44. The Balaban J connectivity index is 1.47. The molecule has 0 fully saturated rings. The van der Waals surface area contributed by atoms with E-state index in [1.165, 1.54) is 11.3 Å². The second-order valence-electron chi connectivity index (χ2n) is 8.18. The highest BCUT2D eigenvalue weighted by Gasteiger charge is 2.31. The van der Waals surface area contributed by atoms with Crippen LogP contribution in [-0.4, -0.2) is 12.6 Å². The minimum absolute atomic E-state index is 0.00547. The molecule has 4 aromatic rings. The monoisotopic (exact) mass is 516 g/mol. The summed E-state index contributed by atoms with van der Waals surface area (Å²) >= 11 is 7.71. The number of carbonyl (C=O) groups excluding carboxylic acids is 1. The molecular weight excluding hydrogens is 496 g/mol. The van der Waals surface area contributed by atoms with Crippen LogP contribution in [0.4, 0.5) is 0 Å². The summed E-state index contributed by atoms with van der Waals surface area (Å²) < 4.78 is 18.1. The van der Waals surface area contributed by atoms with Gasteiger partial charge in [-0.2, -0.15) is 5.26 Å². The fraction of sp³-hybridized carbons (Fsp3) is 0.143. The molecule has 6 nitrogen and oxygen atoms in total. The molecule has 5 rings (SSSR count). The number of nitrogens with zero attached hydrogens (tertiary/aromatic N) is 1. The third-order valence-electron chi connectivity index (χ3n) is 5.79. The van der Waals surface area contributed by atoms with Crippen molar-refractivity contribution in [3.63, 3.8) is 0 Å². The standard InChI is InChI=1S/C28H21ClN2O4S/c1-2-12-33-17-7-5-6-16(13-17)24-19-11-10-18(14-22(19)35-27(31)21(24)15-30)34-28(32)26-25(29)20-8-3-4-9-23(20)36-26/h3-11,13-14,24H,2,12,31H2,1H3. The first-order chi connectivity index (χ1) is 17.5. The first-order valence-electron chi connectivity index (χ1n) is 11.3. The molecule has 1 aromatic heterocycles. The number of thiophene rings is 1. The van der Waals surface area contributed by atoms with Gasteiger partial charge in [0.05, 0.1) is 17.5 Å². The molecular formula is C28H21ClN2O4S. The van der Waals surface area contributed by atoms with E-state index >= 15 is 0 Å². The van der Waals surface area contributed by atoms with Crippen LogP contribution in [0.15, 0.2) is 78.2 Å². The summed E-state index contributed by atoms with van der Waals surface area (Å²) in [6, 6.07) is 22.3. The van der Waals surface area contributed by atoms with E-state index in [0.717, 1.165) is 27.6 Å². The Kier molecular flexibility index (Phi) is 6.55. The van der Waals surface area contributed by atoms with E-state index in [9.17, 15) is 10.1 Å². The molecule has 0 radical (unpaired) electrons. The third-order valence-corrected chi connectivity index (χ3v) is 7.44. The molecule has 2 N–H and O–H groups in total. The number of nitriles is 1. The second kappa shape index (κ2) is 9.94. The molecule has 1 atom stereocenters. The summed E-state index contributed by atoms with van der Waals surface area (Å²) in [5.41, 5.74) is 8.01. The van der Waals surface area contributed by atoms with Gasteiger partial charge in [0.25, 0.3) is 0 Å². The summed E-state index contributed by atoms with van der Waals surface area (Å²) in [5, 5.41) is 11.0. The van der Waals surface area contributed by atoms with Crippen molar-refractivity contribution in [2.45, 2.75) is 19.3 Å². The average Bonchev–Trinajstić information content (AvgIpc) is 3.23. The van der Waals surface area contributed by atoms with Crippen LogP contribution in [0.2, 0.25) is 5.02 Å². The number of hydrogen-bond acceptors (Lipinski definition) is 7. The lowest BCUT2D eigenvalue weighted by Gasteiger charge is -2.27. The Labute approximate surface area is 217 Å². The molecule has 180 valence electrons. The third kappa shape index (κ3) is 4.37. The lowest BCUT2D eigenvalue weighted by atomic mass is 9.83. The number of hydrogen-bond donors (Lipinski definition) is 1. The molecule has 0 spiro atoms. The first-order valence-corrected chi connectivity index (χ1v) is 12.5. The number of fused-ring (bicyclic) bond motifs is 2. The van der Waals surface area contributed by atoms with Crippen LogP contribution in [0, 0.1) is 11.3 Å². The summed E-state index contributed by atoms with van der Waals surface area (Å²) in [6.07, 6.45) is 0.884. The van der Waals surface area contributed by atoms with Gasteiger partial charge in [-0.3, -0.25) is 0 Å². The molecule has 1 aliphatic rings. The molecule has 0 saturated carbocycles. The topological polar surface area (TPSA) is 94.6 Å². The molecule has 0 bridgehead atoms. The van der Waals surface area contributed by atoms with Gasteiger partial charge in [0.2, 0.25) is 5.88 Å². The quantitative estimate of drug-likeness (QED) is 0.224. The SMILES string of the molecule is CCCOc1cccc(C2C(C#N)=C(N)Oc3cc(OC(=O)c4sc5ccccc5c4Cl)ccc32)c1. The van der Waals surface area contributed by atoms with Gasteiger partial charge in [-0.15, -0.1) is 11.3 Å². The summed E-state index contributed by atoms with van der Waals surface area (Å²) in [7, 11) is 0. The van der Waals surface area contributed by atoms with Crippen molar-refractivity contribution in [3.8, 4) is 23.3 Å². The molecule has 8 heteroatoms. The molecule has 3 aromatic carbocycles. The van der Waals surface area contributed by atoms with Gasteiger partial charge >= 0.3 is 5.97 Å². The predicted octanol–water partition coefficient (Wildman–Crippen LogP) is 6.78. The van der Waals surface area contributed by atoms with Crippen molar-refractivity contribution in [1.29, 1.82) is 5.26 Å². The molecule has 2 heterocycles. The number of allylic oxidation sites excluding steroid dienone is 1. The van der Waals surface area contributed by atoms with Gasteiger partial charge in [0.15, 0.2) is 0 Å². The molecule has 1 aliphatic heterocycles. The second-order valence-corrected chi connectivity index (χ2v) is 9.61. The smallest absolute Gasteiger partial charge is 0.355 e. The Morgan fingerprint density at radius 2 is 1.97 bits per heavy atom. The van der Waals surface area contributed by atoms with E-state index in [0.29, 0.717) is 33.6 Å². The van der Waals surface area contributed by atoms with E-state index in [1.54, 1.807) is 18.2 Å². The van der Waals surface area contributed by atoms with Gasteiger partial charge in [0.1, 0.15) is 33.8 Å². The number of halogens is 1. The van der Waals surface area contributed by atoms with Crippen molar-refractivity contribution in [1.82, 2.24) is 0 Å². The molecule has 36 heavy (non-hydrogen) atoms. The van der Waals surface area contributed by atoms with Crippen molar-refractivity contribution in [2.75, 3.05) is 6.61 Å². The van der Waals surface area contributed by atoms with Crippen LogP contribution in [-0.2, 0) is 0 Å². The van der Waals surface area contributed by atoms with Gasteiger partial charge in [-0.1, -0.05) is 54.9 Å². The van der Waals surface area contributed by atoms with Crippen molar-refractivity contribution >= 4 is 39.0 Å². The summed E-state index contributed by atoms with van der Waals surface area (Å²) in [5.74, 6) is 0.388. The van der Waals surface area contributed by atoms with Crippen LogP contribution in [0.3, 0.4) is 0 Å². The fourth-order valence-electron chi connectivity index (χ4n) is 4.14. The lowest BCUT2D eigenvalue weighted by molar-refractivity contribution is 0.0740. The van der Waals surface area contributed by atoms with E-state index < -0.39 is 11.9 Å². The highest BCUT2D eigenvalue weighted by atomic mass is 35.5. The van der Waals surface area contributed by atoms with Crippen molar-refractivity contribution in [3.05, 3.63) is 99.2 Å². The average molecular weight is 517 g/mol. The first kappa shape index (κ1) is 23.7. The van der Waals surface area contributed by atoms with Gasteiger partial charge in [-0.25, -0.2) is 4.79 Å². The van der Waals surface area contributed by atoms with Crippen LogP contribution in [0.25, 0.3) is 10.1 Å². The number of benzene rings is 3. The number of nitrogens with two attached hydrogens (primary N) is 1. The fourth-order valence-corrected chi connectivity index (χ4v) is 5.53. The molecule has 0 aliphatic carbocycles. The Morgan fingerprint density at radius 1 is 1.14 bits per heavy atom. The van der Waals surface area contributed by atoms with Crippen molar-refractivity contribution in [2.24, 2.45) is 5.73 Å². The Hall–Kier alpha value is -3.99. The van der Waals surface area contributed by atoms with E-state index in [1.807, 2.05) is 55.5 Å². The Bertz CT molecular complexity index is 1550. The van der Waals surface area contributed by atoms with Crippen LogP contribution in [0.1, 0.15) is 40.1 Å². The van der Waals surface area contributed by atoms with Gasteiger partial charge < -0.3 is 19.9 Å². The van der Waals surface area contributed by atoms with Crippen LogP contribution < -0.4 is 19.9 Å². The molecule has 0 amide bonds. The normalized spacial score (nSPS) is 14.6. The number of esters is 1. The minimum Gasteiger partial charge on any atom is -0.494 e. The maximum absolute atomic E-state index is 12.9. The number of carbonyl (C=O) groups is 1. The maximum atomic E-state index is 12.9. The van der Waals surface area contributed by atoms with Crippen molar-refractivity contribution < 1.29 is 19.0 Å². The Morgan fingerprint density at radius 3 is 2.75 bits per heavy atom.